The highest BCUT2D eigenvalue weighted by atomic mass is 16.5. The number of hydrogen-bond donors (Lipinski definition) is 1. The van der Waals surface area contributed by atoms with Crippen molar-refractivity contribution in [3.63, 3.8) is 0 Å². The minimum atomic E-state index is -0.327. The number of benzene rings is 2. The predicted octanol–water partition coefficient (Wildman–Crippen LogP) is 5.34. The van der Waals surface area contributed by atoms with E-state index < -0.39 is 0 Å². The Balaban J connectivity index is 1.21. The second-order valence-corrected chi connectivity index (χ2v) is 9.98. The summed E-state index contributed by atoms with van der Waals surface area (Å²) in [7, 11) is 0. The number of nitrogens with one attached hydrogen (secondary N) is 1. The summed E-state index contributed by atoms with van der Waals surface area (Å²) in [5.41, 5.74) is 5.72. The van der Waals surface area contributed by atoms with Crippen molar-refractivity contribution in [2.75, 3.05) is 0 Å². The SMILES string of the molecule is CC(=O)Oc1ccc(-c2ccc(/C=N\NC(=O)C34CC5C[C@@H](CC[C@@H](C5)C3)C4)cc2)cc1. The van der Waals surface area contributed by atoms with Gasteiger partial charge in [-0.1, -0.05) is 49.2 Å². The lowest BCUT2D eigenvalue weighted by molar-refractivity contribution is -0.138. The lowest BCUT2D eigenvalue weighted by atomic mass is 9.58. The molecule has 4 bridgehead atoms. The number of carbonyl (C=O) groups excluding carboxylic acids is 2. The third kappa shape index (κ3) is 4.34. The molecule has 4 fully saturated rings. The van der Waals surface area contributed by atoms with E-state index in [2.05, 4.69) is 10.5 Å². The van der Waals surface area contributed by atoms with Gasteiger partial charge in [0.05, 0.1) is 11.6 Å². The summed E-state index contributed by atoms with van der Waals surface area (Å²) in [6.07, 6.45) is 10.1. The summed E-state index contributed by atoms with van der Waals surface area (Å²) in [5, 5.41) is 4.30. The molecule has 32 heavy (non-hydrogen) atoms. The Bertz CT molecular complexity index is 1010. The molecule has 6 rings (SSSR count). The van der Waals surface area contributed by atoms with Crippen LogP contribution in [-0.2, 0) is 9.59 Å². The van der Waals surface area contributed by atoms with Gasteiger partial charge in [-0.05, 0) is 78.7 Å². The van der Waals surface area contributed by atoms with E-state index in [1.54, 1.807) is 18.3 Å². The van der Waals surface area contributed by atoms with Gasteiger partial charge >= 0.3 is 5.97 Å². The highest BCUT2D eigenvalue weighted by molar-refractivity contribution is 5.86. The number of carbonyl (C=O) groups is 2. The number of hydrazone groups is 1. The van der Waals surface area contributed by atoms with E-state index in [1.807, 2.05) is 36.4 Å². The van der Waals surface area contributed by atoms with Crippen molar-refractivity contribution in [3.8, 4) is 16.9 Å². The Labute approximate surface area is 189 Å². The first-order chi connectivity index (χ1) is 15.5. The first kappa shape index (κ1) is 20.9. The van der Waals surface area contributed by atoms with Gasteiger partial charge in [0, 0.05) is 6.92 Å². The summed E-state index contributed by atoms with van der Waals surface area (Å²) >= 11 is 0. The Kier molecular flexibility index (Phi) is 5.58. The van der Waals surface area contributed by atoms with E-state index in [4.69, 9.17) is 4.74 Å². The fourth-order valence-electron chi connectivity index (χ4n) is 6.40. The summed E-state index contributed by atoms with van der Waals surface area (Å²) in [5.74, 6) is 2.53. The van der Waals surface area contributed by atoms with Gasteiger partial charge in [-0.2, -0.15) is 5.10 Å². The number of esters is 1. The number of hydrogen-bond acceptors (Lipinski definition) is 4. The zero-order valence-corrected chi connectivity index (χ0v) is 18.5. The zero-order valence-electron chi connectivity index (χ0n) is 18.5. The smallest absolute Gasteiger partial charge is 0.308 e. The molecule has 0 saturated heterocycles. The maximum Gasteiger partial charge on any atom is 0.308 e. The molecule has 0 radical (unpaired) electrons. The van der Waals surface area contributed by atoms with Gasteiger partial charge in [-0.3, -0.25) is 9.59 Å². The molecule has 4 atom stereocenters. The highest BCUT2D eigenvalue weighted by Gasteiger charge is 2.52. The average molecular weight is 431 g/mol. The van der Waals surface area contributed by atoms with Gasteiger partial charge in [0.1, 0.15) is 5.75 Å². The number of nitrogens with zero attached hydrogens (tertiary/aromatic N) is 1. The normalized spacial score (nSPS) is 28.5. The average Bonchev–Trinajstić information content (AvgIpc) is 3.00. The van der Waals surface area contributed by atoms with E-state index in [0.29, 0.717) is 5.75 Å². The molecular weight excluding hydrogens is 400 g/mol. The molecule has 1 N–H and O–H groups in total. The molecule has 0 aromatic heterocycles. The van der Waals surface area contributed by atoms with Crippen LogP contribution in [0.2, 0.25) is 0 Å². The summed E-state index contributed by atoms with van der Waals surface area (Å²) in [6, 6.07) is 15.4. The maximum atomic E-state index is 13.1. The molecule has 4 aliphatic rings. The van der Waals surface area contributed by atoms with Gasteiger partial charge in [-0.15, -0.1) is 0 Å². The quantitative estimate of drug-likeness (QED) is 0.301. The second kappa shape index (κ2) is 8.53. The van der Waals surface area contributed by atoms with Crippen molar-refractivity contribution in [1.82, 2.24) is 5.43 Å². The number of rotatable bonds is 5. The Morgan fingerprint density at radius 1 is 0.906 bits per heavy atom. The van der Waals surface area contributed by atoms with Gasteiger partial charge in [0.25, 0.3) is 0 Å². The van der Waals surface area contributed by atoms with E-state index in [1.165, 1.54) is 32.6 Å². The zero-order chi connectivity index (χ0) is 22.1. The first-order valence-corrected chi connectivity index (χ1v) is 11.7. The van der Waals surface area contributed by atoms with Crippen LogP contribution in [0, 0.1) is 23.2 Å². The molecule has 4 saturated carbocycles. The fraction of sp³-hybridized carbons (Fsp3) is 0.444. The molecule has 166 valence electrons. The first-order valence-electron chi connectivity index (χ1n) is 11.7. The molecule has 0 aliphatic heterocycles. The summed E-state index contributed by atoms with van der Waals surface area (Å²) < 4.78 is 5.08. The van der Waals surface area contributed by atoms with Gasteiger partial charge in [0.2, 0.25) is 5.91 Å². The fourth-order valence-corrected chi connectivity index (χ4v) is 6.40. The van der Waals surface area contributed by atoms with Crippen molar-refractivity contribution >= 4 is 18.1 Å². The Morgan fingerprint density at radius 2 is 1.47 bits per heavy atom. The van der Waals surface area contributed by atoms with Crippen molar-refractivity contribution in [1.29, 1.82) is 0 Å². The molecule has 4 aliphatic carbocycles. The number of fused-ring (bicyclic) bond motifs is 1. The third-order valence-corrected chi connectivity index (χ3v) is 7.58. The summed E-state index contributed by atoms with van der Waals surface area (Å²) in [6.45, 7) is 1.39. The van der Waals surface area contributed by atoms with Crippen LogP contribution in [0.5, 0.6) is 5.75 Å². The van der Waals surface area contributed by atoms with Crippen molar-refractivity contribution in [3.05, 3.63) is 54.1 Å². The van der Waals surface area contributed by atoms with Gasteiger partial charge < -0.3 is 4.74 Å². The van der Waals surface area contributed by atoms with Crippen LogP contribution in [-0.4, -0.2) is 18.1 Å². The maximum absolute atomic E-state index is 13.1. The van der Waals surface area contributed by atoms with E-state index in [0.717, 1.165) is 53.7 Å². The number of amides is 1. The Morgan fingerprint density at radius 3 is 2.06 bits per heavy atom. The molecule has 1 amide bonds. The second-order valence-electron chi connectivity index (χ2n) is 9.98. The highest BCUT2D eigenvalue weighted by Crippen LogP contribution is 2.57. The molecule has 5 nitrogen and oxygen atoms in total. The van der Waals surface area contributed by atoms with Crippen molar-refractivity contribution in [2.24, 2.45) is 28.3 Å². The molecule has 0 heterocycles. The van der Waals surface area contributed by atoms with Gasteiger partial charge in [0.15, 0.2) is 0 Å². The van der Waals surface area contributed by atoms with Crippen LogP contribution in [0.15, 0.2) is 53.6 Å². The van der Waals surface area contributed by atoms with Crippen LogP contribution in [0.4, 0.5) is 0 Å². The lowest BCUT2D eigenvalue weighted by Gasteiger charge is -2.46. The summed E-state index contributed by atoms with van der Waals surface area (Å²) in [4.78, 5) is 24.2. The van der Waals surface area contributed by atoms with Crippen LogP contribution in [0.25, 0.3) is 11.1 Å². The minimum Gasteiger partial charge on any atom is -0.427 e. The Hall–Kier alpha value is -2.95. The predicted molar refractivity (Wildman–Crippen MR) is 124 cm³/mol. The van der Waals surface area contributed by atoms with E-state index >= 15 is 0 Å². The van der Waals surface area contributed by atoms with Gasteiger partial charge in [-0.25, -0.2) is 5.43 Å². The topological polar surface area (TPSA) is 67.8 Å². The van der Waals surface area contributed by atoms with Crippen LogP contribution in [0.1, 0.15) is 57.4 Å². The molecule has 2 aromatic rings. The lowest BCUT2D eigenvalue weighted by Crippen LogP contribution is -2.47. The third-order valence-electron chi connectivity index (χ3n) is 7.58. The van der Waals surface area contributed by atoms with E-state index in [-0.39, 0.29) is 17.3 Å². The standard InChI is InChI=1S/C27H30N2O3/c1-18(30)32-25-10-8-24(9-11-25)23-6-4-19(5-7-23)17-28-29-26(31)27-14-20-2-3-21(15-27)13-22(12-20)16-27/h4-11,17,20-22H,2-3,12-16H2,1H3,(H,29,31)/b28-17-/t20-,21+,22?,27?. The monoisotopic (exact) mass is 430 g/mol. The van der Waals surface area contributed by atoms with Crippen LogP contribution >= 0.6 is 0 Å². The molecule has 0 spiro atoms. The molecular formula is C27H30N2O3. The van der Waals surface area contributed by atoms with Crippen molar-refractivity contribution < 1.29 is 14.3 Å². The largest absolute Gasteiger partial charge is 0.427 e. The molecule has 5 heteroatoms. The van der Waals surface area contributed by atoms with E-state index in [9.17, 15) is 9.59 Å². The van der Waals surface area contributed by atoms with Crippen LogP contribution < -0.4 is 10.2 Å². The van der Waals surface area contributed by atoms with Crippen LogP contribution in [0.3, 0.4) is 0 Å². The molecule has 2 unspecified atom stereocenters. The molecule has 2 aromatic carbocycles. The minimum absolute atomic E-state index is 0.125. The number of ether oxygens (including phenoxy) is 1. The van der Waals surface area contributed by atoms with Crippen molar-refractivity contribution in [2.45, 2.75) is 51.9 Å².